The maximum atomic E-state index is 10.1. The van der Waals surface area contributed by atoms with Gasteiger partial charge in [0.25, 0.3) is 0 Å². The zero-order valence-electron chi connectivity index (χ0n) is 9.74. The highest BCUT2D eigenvalue weighted by molar-refractivity contribution is 5.51. The van der Waals surface area contributed by atoms with Crippen molar-refractivity contribution < 1.29 is 14.3 Å². The number of methoxy groups -OCH3 is 2. The Morgan fingerprint density at radius 3 is 2.56 bits per heavy atom. The molecule has 0 fully saturated rings. The summed E-state index contributed by atoms with van der Waals surface area (Å²) in [4.78, 5) is 13.7. The van der Waals surface area contributed by atoms with Crippen LogP contribution < -0.4 is 9.47 Å². The van der Waals surface area contributed by atoms with Gasteiger partial charge in [-0.3, -0.25) is 0 Å². The van der Waals surface area contributed by atoms with E-state index in [1.54, 1.807) is 14.2 Å². The molecule has 0 bridgehead atoms. The molecule has 0 saturated carbocycles. The average Bonchev–Trinajstić information content (AvgIpc) is 2.34. The molecule has 16 heavy (non-hydrogen) atoms. The molecule has 0 aliphatic rings. The molecule has 0 amide bonds. The van der Waals surface area contributed by atoms with Crippen LogP contribution in [0, 0.1) is 0 Å². The van der Waals surface area contributed by atoms with Crippen LogP contribution in [-0.4, -0.2) is 20.3 Å². The molecule has 4 heteroatoms. The summed E-state index contributed by atoms with van der Waals surface area (Å²) in [6.45, 7) is 2.35. The summed E-state index contributed by atoms with van der Waals surface area (Å²) in [6.07, 6.45) is 2.33. The summed E-state index contributed by atoms with van der Waals surface area (Å²) in [7, 11) is 3.20. The Hall–Kier alpha value is -1.80. The normalized spacial score (nSPS) is 9.44. The molecule has 1 rings (SSSR count). The molecule has 0 aliphatic carbocycles. The van der Waals surface area contributed by atoms with Crippen molar-refractivity contribution in [3.63, 3.8) is 0 Å². The zero-order valence-corrected chi connectivity index (χ0v) is 9.74. The van der Waals surface area contributed by atoms with Crippen LogP contribution in [0.25, 0.3) is 0 Å². The first-order valence-corrected chi connectivity index (χ1v) is 5.04. The van der Waals surface area contributed by atoms with Gasteiger partial charge in [-0.1, -0.05) is 13.0 Å². The van der Waals surface area contributed by atoms with E-state index >= 15 is 0 Å². The Bertz CT molecular complexity index is 409. The van der Waals surface area contributed by atoms with Crippen molar-refractivity contribution in [2.24, 2.45) is 4.99 Å². The fourth-order valence-electron chi connectivity index (χ4n) is 1.68. The summed E-state index contributed by atoms with van der Waals surface area (Å²) >= 11 is 0. The Balaban J connectivity index is 3.24. The second-order valence-corrected chi connectivity index (χ2v) is 3.20. The number of nitrogens with zero attached hydrogens (tertiary/aromatic N) is 1. The molecule has 0 saturated heterocycles. The summed E-state index contributed by atoms with van der Waals surface area (Å²) in [5.74, 6) is 1.40. The predicted molar refractivity (Wildman–Crippen MR) is 60.7 cm³/mol. The van der Waals surface area contributed by atoms with Crippen molar-refractivity contribution in [1.82, 2.24) is 0 Å². The molecule has 0 N–H and O–H groups in total. The Morgan fingerprint density at radius 1 is 1.31 bits per heavy atom. The molecule has 0 radical (unpaired) electrons. The second-order valence-electron chi connectivity index (χ2n) is 3.20. The van der Waals surface area contributed by atoms with E-state index in [1.165, 1.54) is 6.08 Å². The van der Waals surface area contributed by atoms with E-state index in [-0.39, 0.29) is 0 Å². The van der Waals surface area contributed by atoms with Crippen LogP contribution in [0.2, 0.25) is 0 Å². The second kappa shape index (κ2) is 5.93. The van der Waals surface area contributed by atoms with Crippen molar-refractivity contribution in [1.29, 1.82) is 0 Å². The fraction of sp³-hybridized carbons (Fsp3) is 0.417. The number of benzene rings is 1. The largest absolute Gasteiger partial charge is 0.493 e. The third-order valence-corrected chi connectivity index (χ3v) is 2.41. The number of rotatable bonds is 5. The lowest BCUT2D eigenvalue weighted by molar-refractivity contribution is 0.351. The summed E-state index contributed by atoms with van der Waals surface area (Å²) in [6, 6.07) is 3.70. The topological polar surface area (TPSA) is 47.9 Å². The third kappa shape index (κ3) is 2.41. The van der Waals surface area contributed by atoms with E-state index in [9.17, 15) is 4.79 Å². The lowest BCUT2D eigenvalue weighted by Gasteiger charge is -2.14. The predicted octanol–water partition coefficient (Wildman–Crippen LogP) is 2.10. The molecule has 1 aromatic rings. The quantitative estimate of drug-likeness (QED) is 0.565. The van der Waals surface area contributed by atoms with Crippen LogP contribution >= 0.6 is 0 Å². The van der Waals surface area contributed by atoms with E-state index in [0.29, 0.717) is 18.0 Å². The van der Waals surface area contributed by atoms with Gasteiger partial charge in [0.1, 0.15) is 0 Å². The first-order valence-electron chi connectivity index (χ1n) is 5.04. The van der Waals surface area contributed by atoms with Gasteiger partial charge in [-0.15, -0.1) is 0 Å². The lowest BCUT2D eigenvalue weighted by atomic mass is 10.0. The molecule has 0 atom stereocenters. The number of hydrogen-bond donors (Lipinski definition) is 0. The smallest absolute Gasteiger partial charge is 0.235 e. The van der Waals surface area contributed by atoms with Crippen LogP contribution in [-0.2, 0) is 17.8 Å². The molecule has 0 aliphatic heterocycles. The van der Waals surface area contributed by atoms with Gasteiger partial charge >= 0.3 is 0 Å². The lowest BCUT2D eigenvalue weighted by Crippen LogP contribution is -1.99. The van der Waals surface area contributed by atoms with E-state index in [1.807, 2.05) is 19.1 Å². The van der Waals surface area contributed by atoms with Gasteiger partial charge in [0.05, 0.1) is 20.8 Å². The number of isocyanates is 1. The third-order valence-electron chi connectivity index (χ3n) is 2.41. The molecule has 0 spiro atoms. The summed E-state index contributed by atoms with van der Waals surface area (Å²) in [5, 5.41) is 0. The molecular formula is C12H15NO3. The van der Waals surface area contributed by atoms with Crippen molar-refractivity contribution in [2.45, 2.75) is 19.9 Å². The molecule has 0 aromatic heterocycles. The van der Waals surface area contributed by atoms with E-state index in [4.69, 9.17) is 9.47 Å². The zero-order chi connectivity index (χ0) is 12.0. The Labute approximate surface area is 94.9 Å². The average molecular weight is 221 g/mol. The number of carbonyl (C=O) groups excluding carboxylic acids is 1. The van der Waals surface area contributed by atoms with Crippen molar-refractivity contribution in [3.05, 3.63) is 23.3 Å². The minimum absolute atomic E-state index is 0.326. The highest BCUT2D eigenvalue weighted by Gasteiger charge is 2.12. The number of aliphatic imine (C=N–C) groups is 1. The maximum Gasteiger partial charge on any atom is 0.235 e. The van der Waals surface area contributed by atoms with Crippen LogP contribution in [0.15, 0.2) is 17.1 Å². The highest BCUT2D eigenvalue weighted by atomic mass is 16.5. The van der Waals surface area contributed by atoms with Gasteiger partial charge in [0.2, 0.25) is 6.08 Å². The first-order chi connectivity index (χ1) is 7.78. The van der Waals surface area contributed by atoms with Gasteiger partial charge in [-0.25, -0.2) is 9.79 Å². The minimum atomic E-state index is 0.326. The fourth-order valence-corrected chi connectivity index (χ4v) is 1.68. The summed E-state index contributed by atoms with van der Waals surface area (Å²) in [5.41, 5.74) is 1.98. The van der Waals surface area contributed by atoms with Gasteiger partial charge < -0.3 is 9.47 Å². The van der Waals surface area contributed by atoms with Crippen molar-refractivity contribution in [2.75, 3.05) is 14.2 Å². The van der Waals surface area contributed by atoms with Gasteiger partial charge in [0.15, 0.2) is 11.5 Å². The Kier molecular flexibility index (Phi) is 4.55. The van der Waals surface area contributed by atoms with E-state index in [0.717, 1.165) is 17.5 Å². The van der Waals surface area contributed by atoms with Crippen LogP contribution in [0.1, 0.15) is 18.1 Å². The monoisotopic (exact) mass is 221 g/mol. The van der Waals surface area contributed by atoms with Crippen LogP contribution in [0.5, 0.6) is 11.5 Å². The van der Waals surface area contributed by atoms with Crippen LogP contribution in [0.3, 0.4) is 0 Å². The van der Waals surface area contributed by atoms with Gasteiger partial charge in [0, 0.05) is 5.56 Å². The van der Waals surface area contributed by atoms with E-state index in [2.05, 4.69) is 4.99 Å². The molecule has 0 unspecified atom stereocenters. The van der Waals surface area contributed by atoms with Crippen molar-refractivity contribution >= 4 is 6.08 Å². The van der Waals surface area contributed by atoms with Gasteiger partial charge in [-0.2, -0.15) is 0 Å². The number of ether oxygens (including phenoxy) is 2. The first kappa shape index (κ1) is 12.3. The van der Waals surface area contributed by atoms with Gasteiger partial charge in [-0.05, 0) is 18.1 Å². The molecule has 86 valence electrons. The van der Waals surface area contributed by atoms with E-state index < -0.39 is 0 Å². The molecule has 4 nitrogen and oxygen atoms in total. The van der Waals surface area contributed by atoms with Crippen molar-refractivity contribution in [3.8, 4) is 11.5 Å². The molecular weight excluding hydrogens is 206 g/mol. The highest BCUT2D eigenvalue weighted by Crippen LogP contribution is 2.34. The maximum absolute atomic E-state index is 10.1. The number of hydrogen-bond acceptors (Lipinski definition) is 4. The molecule has 0 heterocycles. The van der Waals surface area contributed by atoms with Crippen LogP contribution in [0.4, 0.5) is 0 Å². The Morgan fingerprint density at radius 2 is 2.06 bits per heavy atom. The molecule has 1 aromatic carbocycles. The SMILES string of the molecule is CCc1c(CN=C=O)ccc(OC)c1OC. The standard InChI is InChI=1S/C12H15NO3/c1-4-10-9(7-13-8-14)5-6-11(15-2)12(10)16-3/h5-6H,4,7H2,1-3H3. The minimum Gasteiger partial charge on any atom is -0.493 e. The summed E-state index contributed by atoms with van der Waals surface area (Å²) < 4.78 is 10.5.